The Kier molecular flexibility index (Phi) is 6.52. The summed E-state index contributed by atoms with van der Waals surface area (Å²) in [7, 11) is 7.89. The maximum Gasteiger partial charge on any atom is 0.273 e. The van der Waals surface area contributed by atoms with Gasteiger partial charge in [-0.1, -0.05) is 0 Å². The van der Waals surface area contributed by atoms with Crippen LogP contribution in [-0.4, -0.2) is 69.4 Å². The summed E-state index contributed by atoms with van der Waals surface area (Å²) in [5, 5.41) is 7.43. The Labute approximate surface area is 192 Å². The van der Waals surface area contributed by atoms with Gasteiger partial charge in [-0.25, -0.2) is 0 Å². The molecule has 4 rings (SSSR count). The lowest BCUT2D eigenvalue weighted by atomic mass is 9.95. The van der Waals surface area contributed by atoms with Gasteiger partial charge in [-0.05, 0) is 36.4 Å². The predicted octanol–water partition coefficient (Wildman–Crippen LogP) is 3.27. The first kappa shape index (κ1) is 22.6. The van der Waals surface area contributed by atoms with Crippen LogP contribution in [0.4, 0.5) is 0 Å². The quantitative estimate of drug-likeness (QED) is 0.497. The van der Waals surface area contributed by atoms with E-state index in [0.29, 0.717) is 22.9 Å². The Morgan fingerprint density at radius 3 is 2.21 bits per heavy atom. The molecule has 3 aromatic rings. The highest BCUT2D eigenvalue weighted by molar-refractivity contribution is 6.00. The lowest BCUT2D eigenvalue weighted by Gasteiger charge is -2.30. The van der Waals surface area contributed by atoms with Crippen LogP contribution in [0.15, 0.2) is 42.5 Å². The van der Waals surface area contributed by atoms with Crippen molar-refractivity contribution in [2.75, 3.05) is 42.1 Å². The van der Waals surface area contributed by atoms with Gasteiger partial charge in [0, 0.05) is 37.0 Å². The molecule has 0 aliphatic carbocycles. The van der Waals surface area contributed by atoms with Crippen LogP contribution in [0.5, 0.6) is 17.2 Å². The van der Waals surface area contributed by atoms with Crippen molar-refractivity contribution in [3.05, 3.63) is 59.3 Å². The third-order valence-electron chi connectivity index (χ3n) is 5.83. The molecule has 0 spiro atoms. The predicted molar refractivity (Wildman–Crippen MR) is 121 cm³/mol. The molecule has 2 heterocycles. The van der Waals surface area contributed by atoms with E-state index in [2.05, 4.69) is 10.2 Å². The van der Waals surface area contributed by atoms with E-state index in [0.717, 1.165) is 22.4 Å². The summed E-state index contributed by atoms with van der Waals surface area (Å²) < 4.78 is 27.1. The Morgan fingerprint density at radius 1 is 0.939 bits per heavy atom. The summed E-state index contributed by atoms with van der Waals surface area (Å²) in [4.78, 5) is 15.2. The number of carbonyl (C=O) groups is 1. The van der Waals surface area contributed by atoms with Gasteiger partial charge in [0.1, 0.15) is 22.9 Å². The third kappa shape index (κ3) is 4.01. The smallest absolute Gasteiger partial charge is 0.273 e. The number of nitrogens with zero attached hydrogens (tertiary/aromatic N) is 2. The topological polar surface area (TPSA) is 95.1 Å². The number of carbonyl (C=O) groups excluding carboxylic acids is 1. The summed E-state index contributed by atoms with van der Waals surface area (Å²) in [5.41, 5.74) is 3.52. The number of hydrogen-bond acceptors (Lipinski definition) is 7. The Balaban J connectivity index is 1.88. The standard InChI is InChI=1S/C24H27N3O6/c1-29-15-8-6-14(7-9-15)21-20-22(26-25-21)24(28)27(13-19(32-4)33-5)23(20)17-11-10-16(30-2)12-18(17)31-3/h6-12,19,23H,13H2,1-5H3,(H,25,26). The molecule has 1 amide bonds. The second-order valence-electron chi connectivity index (χ2n) is 7.46. The van der Waals surface area contributed by atoms with Crippen molar-refractivity contribution >= 4 is 5.91 Å². The zero-order valence-corrected chi connectivity index (χ0v) is 19.2. The van der Waals surface area contributed by atoms with E-state index in [1.54, 1.807) is 46.5 Å². The van der Waals surface area contributed by atoms with E-state index in [1.807, 2.05) is 36.4 Å². The van der Waals surface area contributed by atoms with Gasteiger partial charge in [-0.3, -0.25) is 9.89 Å². The molecular weight excluding hydrogens is 426 g/mol. The van der Waals surface area contributed by atoms with E-state index in [1.165, 1.54) is 0 Å². The zero-order valence-electron chi connectivity index (χ0n) is 19.2. The highest BCUT2D eigenvalue weighted by atomic mass is 16.7. The number of amides is 1. The zero-order chi connectivity index (χ0) is 23.5. The molecule has 0 bridgehead atoms. The number of ether oxygens (including phenoxy) is 5. The lowest BCUT2D eigenvalue weighted by molar-refractivity contribution is -0.113. The van der Waals surface area contributed by atoms with Crippen LogP contribution in [0.25, 0.3) is 11.3 Å². The van der Waals surface area contributed by atoms with E-state index < -0.39 is 12.3 Å². The van der Waals surface area contributed by atoms with E-state index in [9.17, 15) is 4.79 Å². The molecule has 0 saturated carbocycles. The number of H-pyrrole nitrogens is 1. The minimum absolute atomic E-state index is 0.195. The second-order valence-corrected chi connectivity index (χ2v) is 7.46. The van der Waals surface area contributed by atoms with Crippen molar-refractivity contribution in [2.24, 2.45) is 0 Å². The molecule has 1 unspecified atom stereocenters. The molecule has 1 N–H and O–H groups in total. The molecule has 0 radical (unpaired) electrons. The fourth-order valence-corrected chi connectivity index (χ4v) is 4.13. The monoisotopic (exact) mass is 453 g/mol. The summed E-state index contributed by atoms with van der Waals surface area (Å²) in [6.45, 7) is 0.219. The van der Waals surface area contributed by atoms with Crippen LogP contribution < -0.4 is 14.2 Å². The van der Waals surface area contributed by atoms with Gasteiger partial charge in [0.15, 0.2) is 6.29 Å². The van der Waals surface area contributed by atoms with Crippen LogP contribution in [0.1, 0.15) is 27.7 Å². The number of fused-ring (bicyclic) bond motifs is 1. The van der Waals surface area contributed by atoms with Gasteiger partial charge >= 0.3 is 0 Å². The number of aromatic amines is 1. The molecule has 1 atom stereocenters. The number of hydrogen-bond donors (Lipinski definition) is 1. The molecule has 1 aromatic heterocycles. The van der Waals surface area contributed by atoms with Crippen molar-refractivity contribution in [3.8, 4) is 28.5 Å². The van der Waals surface area contributed by atoms with Crippen molar-refractivity contribution < 1.29 is 28.5 Å². The van der Waals surface area contributed by atoms with Crippen molar-refractivity contribution in [1.29, 1.82) is 0 Å². The van der Waals surface area contributed by atoms with Gasteiger partial charge in [-0.2, -0.15) is 5.10 Å². The van der Waals surface area contributed by atoms with Gasteiger partial charge in [0.25, 0.3) is 5.91 Å². The maximum absolute atomic E-state index is 13.5. The molecule has 1 aliphatic rings. The highest BCUT2D eigenvalue weighted by Crippen LogP contribution is 2.46. The first-order valence-electron chi connectivity index (χ1n) is 10.4. The summed E-state index contributed by atoms with van der Waals surface area (Å²) in [5.74, 6) is 1.79. The normalized spacial score (nSPS) is 15.2. The highest BCUT2D eigenvalue weighted by Gasteiger charge is 2.44. The van der Waals surface area contributed by atoms with Crippen molar-refractivity contribution in [3.63, 3.8) is 0 Å². The minimum Gasteiger partial charge on any atom is -0.497 e. The average molecular weight is 453 g/mol. The first-order chi connectivity index (χ1) is 16.1. The number of nitrogens with one attached hydrogen (secondary N) is 1. The Bertz CT molecular complexity index is 1120. The largest absolute Gasteiger partial charge is 0.497 e. The van der Waals surface area contributed by atoms with E-state index in [-0.39, 0.29) is 12.5 Å². The average Bonchev–Trinajstić information content (AvgIpc) is 3.41. The SMILES string of the molecule is COc1ccc(-c2n[nH]c3c2C(c2ccc(OC)cc2OC)N(CC(OC)OC)C3=O)cc1. The summed E-state index contributed by atoms with van der Waals surface area (Å²) >= 11 is 0. The number of rotatable bonds is 9. The molecule has 174 valence electrons. The Hall–Kier alpha value is -3.56. The van der Waals surface area contributed by atoms with Gasteiger partial charge < -0.3 is 28.6 Å². The van der Waals surface area contributed by atoms with Gasteiger partial charge in [0.05, 0.1) is 39.6 Å². The molecular formula is C24H27N3O6. The maximum atomic E-state index is 13.5. The molecule has 0 saturated heterocycles. The molecule has 9 heteroatoms. The van der Waals surface area contributed by atoms with Gasteiger partial charge in [-0.15, -0.1) is 0 Å². The fraction of sp³-hybridized carbons (Fsp3) is 0.333. The number of methoxy groups -OCH3 is 5. The summed E-state index contributed by atoms with van der Waals surface area (Å²) in [6.07, 6.45) is -0.595. The van der Waals surface area contributed by atoms with Crippen LogP contribution in [-0.2, 0) is 9.47 Å². The van der Waals surface area contributed by atoms with Crippen LogP contribution in [0, 0.1) is 0 Å². The second kappa shape index (κ2) is 9.51. The van der Waals surface area contributed by atoms with Crippen LogP contribution >= 0.6 is 0 Å². The molecule has 33 heavy (non-hydrogen) atoms. The van der Waals surface area contributed by atoms with Crippen LogP contribution in [0.2, 0.25) is 0 Å². The van der Waals surface area contributed by atoms with E-state index in [4.69, 9.17) is 23.7 Å². The van der Waals surface area contributed by atoms with Gasteiger partial charge in [0.2, 0.25) is 0 Å². The lowest BCUT2D eigenvalue weighted by Crippen LogP contribution is -2.38. The summed E-state index contributed by atoms with van der Waals surface area (Å²) in [6, 6.07) is 12.6. The van der Waals surface area contributed by atoms with Crippen LogP contribution in [0.3, 0.4) is 0 Å². The van der Waals surface area contributed by atoms with E-state index >= 15 is 0 Å². The third-order valence-corrected chi connectivity index (χ3v) is 5.83. The van der Waals surface area contributed by atoms with Crippen molar-refractivity contribution in [2.45, 2.75) is 12.3 Å². The number of benzene rings is 2. The minimum atomic E-state index is -0.595. The molecule has 1 aliphatic heterocycles. The molecule has 0 fully saturated rings. The fourth-order valence-electron chi connectivity index (χ4n) is 4.13. The molecule has 2 aromatic carbocycles. The van der Waals surface area contributed by atoms with Crippen molar-refractivity contribution in [1.82, 2.24) is 15.1 Å². The first-order valence-corrected chi connectivity index (χ1v) is 10.4. The molecule has 9 nitrogen and oxygen atoms in total. The Morgan fingerprint density at radius 2 is 1.61 bits per heavy atom. The number of aromatic nitrogens is 2.